The molecule has 1 aliphatic heterocycles. The van der Waals surface area contributed by atoms with Crippen LogP contribution in [0.5, 0.6) is 0 Å². The Balaban J connectivity index is 1.58. The molecule has 0 spiro atoms. The third-order valence-corrected chi connectivity index (χ3v) is 4.90. The first-order valence-corrected chi connectivity index (χ1v) is 8.10. The molecule has 1 N–H and O–H groups in total. The molecule has 2 rings (SSSR count). The number of nitrogens with one attached hydrogen (secondary N) is 1. The number of methoxy groups -OCH3 is 1. The van der Waals surface area contributed by atoms with Gasteiger partial charge in [0.15, 0.2) is 0 Å². The van der Waals surface area contributed by atoms with E-state index in [-0.39, 0.29) is 5.60 Å². The van der Waals surface area contributed by atoms with E-state index < -0.39 is 0 Å². The summed E-state index contributed by atoms with van der Waals surface area (Å²) in [6, 6.07) is 4.33. The predicted octanol–water partition coefficient (Wildman–Crippen LogP) is 2.38. The first-order chi connectivity index (χ1) is 9.22. The maximum Gasteiger partial charge on any atom is 0.0777 e. The third-order valence-electron chi connectivity index (χ3n) is 3.96. The maximum absolute atomic E-state index is 5.62. The van der Waals surface area contributed by atoms with Gasteiger partial charge >= 0.3 is 0 Å². The van der Waals surface area contributed by atoms with Crippen molar-refractivity contribution in [3.63, 3.8) is 0 Å². The van der Waals surface area contributed by atoms with Crippen molar-refractivity contribution in [1.82, 2.24) is 10.2 Å². The van der Waals surface area contributed by atoms with Gasteiger partial charge in [-0.05, 0) is 44.2 Å². The van der Waals surface area contributed by atoms with Gasteiger partial charge in [-0.15, -0.1) is 11.3 Å². The van der Waals surface area contributed by atoms with E-state index in [0.717, 1.165) is 32.6 Å². The van der Waals surface area contributed by atoms with Gasteiger partial charge in [-0.25, -0.2) is 0 Å². The Morgan fingerprint density at radius 1 is 1.47 bits per heavy atom. The minimum Gasteiger partial charge on any atom is -0.377 e. The average Bonchev–Trinajstić information content (AvgIpc) is 2.92. The van der Waals surface area contributed by atoms with E-state index in [1.807, 2.05) is 18.4 Å². The molecule has 3 nitrogen and oxygen atoms in total. The van der Waals surface area contributed by atoms with Crippen LogP contribution in [0.1, 0.15) is 24.6 Å². The van der Waals surface area contributed by atoms with Gasteiger partial charge in [-0.2, -0.15) is 0 Å². The summed E-state index contributed by atoms with van der Waals surface area (Å²) in [6.45, 7) is 7.79. The van der Waals surface area contributed by atoms with E-state index in [1.54, 1.807) is 0 Å². The van der Waals surface area contributed by atoms with Crippen molar-refractivity contribution in [2.45, 2.75) is 31.8 Å². The Labute approximate surface area is 121 Å². The standard InChI is InChI=1S/C15H26N2OS/c1-15(18-2)7-4-10-17(13-15)11-9-16-8-6-14-5-3-12-19-14/h3,5,12,16H,4,6-11,13H2,1-2H3. The first-order valence-electron chi connectivity index (χ1n) is 7.22. The lowest BCUT2D eigenvalue weighted by atomic mass is 9.95. The summed E-state index contributed by atoms with van der Waals surface area (Å²) < 4.78 is 5.62. The summed E-state index contributed by atoms with van der Waals surface area (Å²) in [5.41, 5.74) is 0.0647. The monoisotopic (exact) mass is 282 g/mol. The number of hydrogen-bond acceptors (Lipinski definition) is 4. The van der Waals surface area contributed by atoms with Crippen molar-refractivity contribution < 1.29 is 4.74 Å². The molecule has 108 valence electrons. The van der Waals surface area contributed by atoms with Crippen molar-refractivity contribution in [3.8, 4) is 0 Å². The van der Waals surface area contributed by atoms with Crippen molar-refractivity contribution in [2.75, 3.05) is 39.8 Å². The molecule has 2 heterocycles. The van der Waals surface area contributed by atoms with Crippen molar-refractivity contribution >= 4 is 11.3 Å². The van der Waals surface area contributed by atoms with Crippen LogP contribution in [0.3, 0.4) is 0 Å². The zero-order chi connectivity index (χ0) is 13.6. The van der Waals surface area contributed by atoms with Crippen LogP contribution in [0.25, 0.3) is 0 Å². The number of likely N-dealkylation sites (tertiary alicyclic amines) is 1. The molecule has 1 saturated heterocycles. The molecule has 0 bridgehead atoms. The van der Waals surface area contributed by atoms with Crippen molar-refractivity contribution in [1.29, 1.82) is 0 Å². The van der Waals surface area contributed by atoms with E-state index in [4.69, 9.17) is 4.74 Å². The summed E-state index contributed by atoms with van der Waals surface area (Å²) in [7, 11) is 1.84. The Kier molecular flexibility index (Phi) is 5.82. The molecular formula is C15H26N2OS. The minimum atomic E-state index is 0.0647. The lowest BCUT2D eigenvalue weighted by Crippen LogP contribution is -2.49. The van der Waals surface area contributed by atoms with Crippen LogP contribution in [0.4, 0.5) is 0 Å². The van der Waals surface area contributed by atoms with Crippen molar-refractivity contribution in [2.24, 2.45) is 0 Å². The highest BCUT2D eigenvalue weighted by Gasteiger charge is 2.30. The van der Waals surface area contributed by atoms with Gasteiger partial charge < -0.3 is 10.1 Å². The lowest BCUT2D eigenvalue weighted by molar-refractivity contribution is -0.0501. The Bertz CT molecular complexity index is 355. The summed E-state index contributed by atoms with van der Waals surface area (Å²) in [6.07, 6.45) is 3.58. The quantitative estimate of drug-likeness (QED) is 0.777. The van der Waals surface area contributed by atoms with Crippen LogP contribution < -0.4 is 5.32 Å². The van der Waals surface area contributed by atoms with Crippen molar-refractivity contribution in [3.05, 3.63) is 22.4 Å². The summed E-state index contributed by atoms with van der Waals surface area (Å²) in [5, 5.41) is 5.69. The van der Waals surface area contributed by atoms with Crippen LogP contribution >= 0.6 is 11.3 Å². The lowest BCUT2D eigenvalue weighted by Gasteiger charge is -2.39. The number of rotatable bonds is 7. The van der Waals surface area contributed by atoms with E-state index in [0.29, 0.717) is 0 Å². The Hall–Kier alpha value is -0.420. The molecule has 0 amide bonds. The Morgan fingerprint density at radius 3 is 3.11 bits per heavy atom. The van der Waals surface area contributed by atoms with E-state index in [1.165, 1.54) is 24.3 Å². The van der Waals surface area contributed by atoms with Gasteiger partial charge in [0.1, 0.15) is 0 Å². The smallest absolute Gasteiger partial charge is 0.0777 e. The number of ether oxygens (including phenoxy) is 1. The molecule has 1 aromatic rings. The largest absolute Gasteiger partial charge is 0.377 e. The predicted molar refractivity (Wildman–Crippen MR) is 82.0 cm³/mol. The first kappa shape index (κ1) is 15.0. The highest BCUT2D eigenvalue weighted by atomic mass is 32.1. The van der Waals surface area contributed by atoms with Crippen LogP contribution in [0.2, 0.25) is 0 Å². The zero-order valence-corrected chi connectivity index (χ0v) is 13.0. The Morgan fingerprint density at radius 2 is 2.37 bits per heavy atom. The highest BCUT2D eigenvalue weighted by molar-refractivity contribution is 7.09. The molecule has 1 unspecified atom stereocenters. The van der Waals surface area contributed by atoms with Gasteiger partial charge in [0.2, 0.25) is 0 Å². The van der Waals surface area contributed by atoms with Gasteiger partial charge in [0, 0.05) is 38.2 Å². The average molecular weight is 282 g/mol. The number of nitrogens with zero attached hydrogens (tertiary/aromatic N) is 1. The molecule has 0 aromatic carbocycles. The van der Waals surface area contributed by atoms with Crippen LogP contribution in [0.15, 0.2) is 17.5 Å². The summed E-state index contributed by atoms with van der Waals surface area (Å²) in [5.74, 6) is 0. The second-order valence-corrected chi connectivity index (χ2v) is 6.65. The fourth-order valence-electron chi connectivity index (χ4n) is 2.69. The van der Waals surface area contributed by atoms with Gasteiger partial charge in [-0.3, -0.25) is 4.90 Å². The molecular weight excluding hydrogens is 256 g/mol. The molecule has 1 atom stereocenters. The molecule has 0 aliphatic carbocycles. The fraction of sp³-hybridized carbons (Fsp3) is 0.733. The van der Waals surface area contributed by atoms with Gasteiger partial charge in [0.05, 0.1) is 5.60 Å². The zero-order valence-electron chi connectivity index (χ0n) is 12.2. The van der Waals surface area contributed by atoms with Crippen LogP contribution in [-0.4, -0.2) is 50.3 Å². The molecule has 1 fully saturated rings. The van der Waals surface area contributed by atoms with Crippen LogP contribution in [0, 0.1) is 0 Å². The summed E-state index contributed by atoms with van der Waals surface area (Å²) in [4.78, 5) is 3.99. The molecule has 19 heavy (non-hydrogen) atoms. The molecule has 1 aliphatic rings. The summed E-state index contributed by atoms with van der Waals surface area (Å²) >= 11 is 1.84. The number of piperidine rings is 1. The molecule has 0 saturated carbocycles. The van der Waals surface area contributed by atoms with Gasteiger partial charge in [-0.1, -0.05) is 6.07 Å². The third kappa shape index (κ3) is 4.88. The molecule has 0 radical (unpaired) electrons. The normalized spacial score (nSPS) is 24.7. The highest BCUT2D eigenvalue weighted by Crippen LogP contribution is 2.23. The minimum absolute atomic E-state index is 0.0647. The second-order valence-electron chi connectivity index (χ2n) is 5.61. The number of thiophene rings is 1. The van der Waals surface area contributed by atoms with E-state index in [2.05, 4.69) is 34.7 Å². The van der Waals surface area contributed by atoms with Crippen LogP contribution in [-0.2, 0) is 11.2 Å². The topological polar surface area (TPSA) is 24.5 Å². The fourth-order valence-corrected chi connectivity index (χ4v) is 3.40. The maximum atomic E-state index is 5.62. The molecule has 1 aromatic heterocycles. The SMILES string of the molecule is COC1(C)CCCN(CCNCCc2cccs2)C1. The van der Waals surface area contributed by atoms with E-state index >= 15 is 0 Å². The van der Waals surface area contributed by atoms with E-state index in [9.17, 15) is 0 Å². The number of hydrogen-bond donors (Lipinski definition) is 1. The van der Waals surface area contributed by atoms with Gasteiger partial charge in [0.25, 0.3) is 0 Å². The second kappa shape index (κ2) is 7.39. The molecule has 4 heteroatoms.